The summed E-state index contributed by atoms with van der Waals surface area (Å²) in [5.41, 5.74) is 9.57. The number of carbonyl (C=O) groups excluding carboxylic acids is 1. The van der Waals surface area contributed by atoms with Gasteiger partial charge >= 0.3 is 5.97 Å². The zero-order valence-electron chi connectivity index (χ0n) is 24.6. The SMILES string of the molecule is CC1(c2ccc(CCC(=O)O)cc2)C(=O)Nc2nc(-c3nn(CC45CC6CCC4CC(C6)C5)c4cc(Cl)ccc34)nc(N)c21. The van der Waals surface area contributed by atoms with Crippen LogP contribution in [0.2, 0.25) is 5.02 Å². The van der Waals surface area contributed by atoms with Crippen LogP contribution < -0.4 is 11.1 Å². The predicted octanol–water partition coefficient (Wildman–Crippen LogP) is 6.22. The molecular weight excluding hydrogens is 576 g/mol. The number of aromatic nitrogens is 4. The number of carboxylic acid groups (broad SMARTS) is 1. The van der Waals surface area contributed by atoms with Gasteiger partial charge in [-0.3, -0.25) is 14.3 Å². The van der Waals surface area contributed by atoms with Crippen LogP contribution in [0.4, 0.5) is 11.6 Å². The van der Waals surface area contributed by atoms with Crippen LogP contribution in [0.15, 0.2) is 42.5 Å². The summed E-state index contributed by atoms with van der Waals surface area (Å²) in [5.74, 6) is 2.30. The van der Waals surface area contributed by atoms with E-state index in [1.54, 1.807) is 0 Å². The first kappa shape index (κ1) is 27.6. The molecule has 0 saturated heterocycles. The van der Waals surface area contributed by atoms with Crippen molar-refractivity contribution in [3.63, 3.8) is 0 Å². The highest BCUT2D eigenvalue weighted by molar-refractivity contribution is 6.31. The number of nitrogens with one attached hydrogen (secondary N) is 1. The van der Waals surface area contributed by atoms with Crippen LogP contribution >= 0.6 is 11.6 Å². The van der Waals surface area contributed by atoms with Crippen molar-refractivity contribution in [2.24, 2.45) is 23.2 Å². The summed E-state index contributed by atoms with van der Waals surface area (Å²) < 4.78 is 2.13. The molecule has 3 fully saturated rings. The molecule has 0 spiro atoms. The smallest absolute Gasteiger partial charge is 0.303 e. The fourth-order valence-electron chi connectivity index (χ4n) is 9.15. The lowest BCUT2D eigenvalue weighted by Gasteiger charge is -2.45. The first-order valence-corrected chi connectivity index (χ1v) is 16.0. The van der Waals surface area contributed by atoms with Crippen molar-refractivity contribution in [1.82, 2.24) is 19.7 Å². The molecule has 226 valence electrons. The van der Waals surface area contributed by atoms with Gasteiger partial charge in [-0.25, -0.2) is 9.97 Å². The Bertz CT molecular complexity index is 1850. The highest BCUT2D eigenvalue weighted by atomic mass is 35.5. The number of carbonyl (C=O) groups is 2. The number of anilines is 2. The number of nitrogens with two attached hydrogens (primary N) is 1. The van der Waals surface area contributed by atoms with Crippen LogP contribution in [-0.4, -0.2) is 36.7 Å². The molecule has 44 heavy (non-hydrogen) atoms. The minimum Gasteiger partial charge on any atom is -0.481 e. The molecule has 2 aromatic carbocycles. The molecule has 0 radical (unpaired) electrons. The molecular formula is C34H35ClN6O3. The van der Waals surface area contributed by atoms with E-state index in [1.807, 2.05) is 49.4 Å². The second kappa shape index (κ2) is 9.76. The molecule has 9 nitrogen and oxygen atoms in total. The number of amides is 1. The number of hydrogen-bond acceptors (Lipinski definition) is 6. The lowest BCUT2D eigenvalue weighted by Crippen LogP contribution is -2.39. The Labute approximate surface area is 260 Å². The van der Waals surface area contributed by atoms with Gasteiger partial charge in [-0.15, -0.1) is 0 Å². The number of fused-ring (bicyclic) bond motifs is 4. The van der Waals surface area contributed by atoms with Gasteiger partial charge in [0.1, 0.15) is 22.7 Å². The first-order chi connectivity index (χ1) is 21.1. The lowest BCUT2D eigenvalue weighted by molar-refractivity contribution is -0.137. The highest BCUT2D eigenvalue weighted by Crippen LogP contribution is 2.63. The van der Waals surface area contributed by atoms with E-state index in [4.69, 9.17) is 37.5 Å². The quantitative estimate of drug-likeness (QED) is 0.226. The molecule has 4 aliphatic rings. The zero-order valence-corrected chi connectivity index (χ0v) is 25.4. The minimum absolute atomic E-state index is 0.0444. The lowest BCUT2D eigenvalue weighted by atomic mass is 9.61. The van der Waals surface area contributed by atoms with Gasteiger partial charge < -0.3 is 16.2 Å². The molecule has 1 aliphatic heterocycles. The van der Waals surface area contributed by atoms with E-state index in [0.29, 0.717) is 34.3 Å². The predicted molar refractivity (Wildman–Crippen MR) is 168 cm³/mol. The summed E-state index contributed by atoms with van der Waals surface area (Å²) in [6, 6.07) is 13.2. The molecule has 5 atom stereocenters. The molecule has 3 heterocycles. The number of aliphatic carboxylic acids is 1. The monoisotopic (exact) mass is 610 g/mol. The fourth-order valence-corrected chi connectivity index (χ4v) is 9.32. The van der Waals surface area contributed by atoms with Crippen LogP contribution in [0, 0.1) is 23.2 Å². The number of hydrogen-bond donors (Lipinski definition) is 3. The second-order valence-electron chi connectivity index (χ2n) is 13.7. The highest BCUT2D eigenvalue weighted by Gasteiger charge is 2.55. The van der Waals surface area contributed by atoms with Crippen LogP contribution in [-0.2, 0) is 28.0 Å². The molecule has 3 aliphatic carbocycles. The molecule has 5 unspecified atom stereocenters. The number of aryl methyl sites for hydroxylation is 1. The van der Waals surface area contributed by atoms with Crippen molar-refractivity contribution in [3.05, 3.63) is 64.2 Å². The normalized spacial score (nSPS) is 28.4. The second-order valence-corrected chi connectivity index (χ2v) is 14.2. The Hall–Kier alpha value is -3.98. The van der Waals surface area contributed by atoms with E-state index in [-0.39, 0.29) is 23.6 Å². The van der Waals surface area contributed by atoms with Gasteiger partial charge in [-0.1, -0.05) is 42.3 Å². The summed E-state index contributed by atoms with van der Waals surface area (Å²) in [5, 5.41) is 18.7. The van der Waals surface area contributed by atoms with Crippen molar-refractivity contribution in [2.75, 3.05) is 11.1 Å². The molecule has 4 aromatic rings. The van der Waals surface area contributed by atoms with Gasteiger partial charge in [0.05, 0.1) is 11.1 Å². The third kappa shape index (κ3) is 4.15. The maximum absolute atomic E-state index is 13.5. The summed E-state index contributed by atoms with van der Waals surface area (Å²) in [6.07, 6.45) is 8.43. The topological polar surface area (TPSA) is 136 Å². The van der Waals surface area contributed by atoms with Gasteiger partial charge in [0.25, 0.3) is 0 Å². The summed E-state index contributed by atoms with van der Waals surface area (Å²) in [7, 11) is 0. The van der Waals surface area contributed by atoms with Crippen LogP contribution in [0.25, 0.3) is 22.4 Å². The zero-order chi connectivity index (χ0) is 30.4. The van der Waals surface area contributed by atoms with Crippen molar-refractivity contribution >= 4 is 46.0 Å². The molecule has 10 heteroatoms. The molecule has 3 saturated carbocycles. The Morgan fingerprint density at radius 2 is 1.91 bits per heavy atom. The average Bonchev–Trinajstić information content (AvgIpc) is 3.51. The van der Waals surface area contributed by atoms with Crippen molar-refractivity contribution in [2.45, 2.75) is 70.3 Å². The van der Waals surface area contributed by atoms with Gasteiger partial charge in [0.2, 0.25) is 5.91 Å². The maximum atomic E-state index is 13.5. The van der Waals surface area contributed by atoms with E-state index in [1.165, 1.54) is 38.5 Å². The van der Waals surface area contributed by atoms with E-state index >= 15 is 0 Å². The number of carboxylic acids is 1. The number of nitrogens with zero attached hydrogens (tertiary/aromatic N) is 4. The van der Waals surface area contributed by atoms with Gasteiger partial charge in [-0.05, 0) is 97.9 Å². The third-order valence-corrected chi connectivity index (χ3v) is 11.4. The standard InChI is InChI=1S/C34H35ClN6O3/c1-33(21-6-2-18(3-7-21)5-11-26(42)43)27-29(36)37-31(38-30(27)39-32(33)44)28-24-10-9-23(35)14-25(24)41(40-28)17-34-15-19-4-8-22(34)13-20(12-19)16-34/h2-3,6-7,9-10,14,19-20,22H,4-5,8,11-13,15-17H2,1H3,(H,42,43)(H3,36,37,38,39,44). The van der Waals surface area contributed by atoms with Crippen molar-refractivity contribution in [3.8, 4) is 11.5 Å². The Kier molecular flexibility index (Phi) is 6.11. The van der Waals surface area contributed by atoms with E-state index in [9.17, 15) is 9.59 Å². The first-order valence-electron chi connectivity index (χ1n) is 15.6. The molecule has 2 aromatic heterocycles. The van der Waals surface area contributed by atoms with Crippen LogP contribution in [0.5, 0.6) is 0 Å². The van der Waals surface area contributed by atoms with Crippen LogP contribution in [0.3, 0.4) is 0 Å². The number of benzene rings is 2. The molecule has 1 amide bonds. The minimum atomic E-state index is -1.10. The molecule has 4 N–H and O–H groups in total. The average molecular weight is 611 g/mol. The number of nitrogen functional groups attached to an aromatic ring is 1. The van der Waals surface area contributed by atoms with Crippen molar-refractivity contribution in [1.29, 1.82) is 0 Å². The Balaban J connectivity index is 1.17. The largest absolute Gasteiger partial charge is 0.481 e. The van der Waals surface area contributed by atoms with E-state index in [2.05, 4.69) is 10.00 Å². The van der Waals surface area contributed by atoms with Crippen molar-refractivity contribution < 1.29 is 14.7 Å². The summed E-state index contributed by atoms with van der Waals surface area (Å²) in [4.78, 5) is 34.1. The molecule has 8 rings (SSSR count). The fraction of sp³-hybridized carbons (Fsp3) is 0.441. The maximum Gasteiger partial charge on any atom is 0.303 e. The Morgan fingerprint density at radius 1 is 1.11 bits per heavy atom. The van der Waals surface area contributed by atoms with Gasteiger partial charge in [0, 0.05) is 23.4 Å². The Morgan fingerprint density at radius 3 is 2.70 bits per heavy atom. The third-order valence-electron chi connectivity index (χ3n) is 11.1. The van der Waals surface area contributed by atoms with E-state index in [0.717, 1.165) is 46.3 Å². The van der Waals surface area contributed by atoms with E-state index < -0.39 is 11.4 Å². The number of rotatable bonds is 7. The van der Waals surface area contributed by atoms with Gasteiger partial charge in [-0.2, -0.15) is 5.10 Å². The summed E-state index contributed by atoms with van der Waals surface area (Å²) in [6.45, 7) is 2.68. The van der Waals surface area contributed by atoms with Crippen LogP contribution in [0.1, 0.15) is 68.6 Å². The molecule has 3 bridgehead atoms. The number of halogens is 1. The summed E-state index contributed by atoms with van der Waals surface area (Å²) >= 11 is 6.51. The van der Waals surface area contributed by atoms with Gasteiger partial charge in [0.15, 0.2) is 5.82 Å².